The van der Waals surface area contributed by atoms with E-state index in [9.17, 15) is 0 Å². The molecular weight excluding hydrogens is 444 g/mol. The van der Waals surface area contributed by atoms with Crippen LogP contribution in [0.25, 0.3) is 43.8 Å². The van der Waals surface area contributed by atoms with Gasteiger partial charge < -0.3 is 0 Å². The van der Waals surface area contributed by atoms with Crippen molar-refractivity contribution in [3.63, 3.8) is 0 Å². The quantitative estimate of drug-likeness (QED) is 0.228. The Balaban J connectivity index is 1.64. The van der Waals surface area contributed by atoms with E-state index in [0.29, 0.717) is 0 Å². The number of hydrogen-bond donors (Lipinski definition) is 0. The molecule has 0 unspecified atom stereocenters. The van der Waals surface area contributed by atoms with Crippen LogP contribution in [0.1, 0.15) is 29.5 Å². The van der Waals surface area contributed by atoms with Crippen molar-refractivity contribution in [2.45, 2.75) is 19.8 Å². The third-order valence-electron chi connectivity index (χ3n) is 7.86. The highest BCUT2D eigenvalue weighted by molar-refractivity contribution is 6.18. The predicted octanol–water partition coefficient (Wildman–Crippen LogP) is 8.16. The van der Waals surface area contributed by atoms with Crippen LogP contribution in [-0.4, -0.2) is 0 Å². The van der Waals surface area contributed by atoms with E-state index in [0.717, 1.165) is 12.8 Å². The van der Waals surface area contributed by atoms with Crippen molar-refractivity contribution in [2.24, 2.45) is 0 Å². The van der Waals surface area contributed by atoms with Gasteiger partial charge in [0.25, 0.3) is 0 Å². The summed E-state index contributed by atoms with van der Waals surface area (Å²) in [4.78, 5) is 0. The van der Waals surface area contributed by atoms with Gasteiger partial charge in [0.15, 0.2) is 0 Å². The van der Waals surface area contributed by atoms with Gasteiger partial charge in [0.05, 0.1) is 0 Å². The molecule has 0 nitrogen and oxygen atoms in total. The average Bonchev–Trinajstić information content (AvgIpc) is 2.96. The third-order valence-corrected chi connectivity index (χ3v) is 7.86. The average molecular weight is 473 g/mol. The summed E-state index contributed by atoms with van der Waals surface area (Å²) in [5, 5.41) is 8.05. The molecular formula is C37H28. The second-order valence-electron chi connectivity index (χ2n) is 10.1. The molecule has 0 heteroatoms. The van der Waals surface area contributed by atoms with Crippen molar-refractivity contribution in [3.8, 4) is 11.1 Å². The van der Waals surface area contributed by atoms with Crippen LogP contribution in [0.4, 0.5) is 0 Å². The van der Waals surface area contributed by atoms with Gasteiger partial charge in [0, 0.05) is 0 Å². The highest BCUT2D eigenvalue weighted by Crippen LogP contribution is 2.42. The molecule has 0 radical (unpaired) electrons. The Kier molecular flexibility index (Phi) is 5.26. The number of rotatable bonds is 3. The normalized spacial score (nSPS) is 13.2. The van der Waals surface area contributed by atoms with Crippen molar-refractivity contribution < 1.29 is 0 Å². The molecule has 0 amide bonds. The van der Waals surface area contributed by atoms with E-state index in [1.54, 1.807) is 0 Å². The molecule has 0 bridgehead atoms. The second kappa shape index (κ2) is 8.91. The summed E-state index contributed by atoms with van der Waals surface area (Å²) in [7, 11) is 0. The first-order valence-corrected chi connectivity index (χ1v) is 13.2. The van der Waals surface area contributed by atoms with E-state index >= 15 is 0 Å². The molecule has 6 aromatic carbocycles. The smallest absolute Gasteiger partial charge is 0.00264 e. The molecule has 0 fully saturated rings. The van der Waals surface area contributed by atoms with Crippen LogP contribution in [0.3, 0.4) is 0 Å². The van der Waals surface area contributed by atoms with Crippen LogP contribution in [0, 0.1) is 6.92 Å². The second-order valence-corrected chi connectivity index (χ2v) is 10.1. The van der Waals surface area contributed by atoms with Crippen molar-refractivity contribution in [3.05, 3.63) is 155 Å². The van der Waals surface area contributed by atoms with E-state index in [1.165, 1.54) is 70.9 Å². The van der Waals surface area contributed by atoms with E-state index in [-0.39, 0.29) is 0 Å². The van der Waals surface area contributed by atoms with Gasteiger partial charge in [-0.15, -0.1) is 0 Å². The summed E-state index contributed by atoms with van der Waals surface area (Å²) < 4.78 is 0. The lowest BCUT2D eigenvalue weighted by molar-refractivity contribution is 1.04. The standard InChI is InChI=1S/C37H28/c1-25-12-11-15-27(24-25)28-22-23-35(30-17-6-5-16-29(28)30)37-33-20-9-7-18-31(33)36(26-13-3-2-4-14-26)32-19-8-10-21-34(32)37/h2-21,24H,22-23H2,1H3. The Morgan fingerprint density at radius 1 is 0.405 bits per heavy atom. The lowest BCUT2D eigenvalue weighted by atomic mass is 9.81. The van der Waals surface area contributed by atoms with Gasteiger partial charge in [-0.2, -0.15) is 0 Å². The lowest BCUT2D eigenvalue weighted by Crippen LogP contribution is -2.32. The maximum Gasteiger partial charge on any atom is -0.00264 e. The van der Waals surface area contributed by atoms with Crippen molar-refractivity contribution in [1.82, 2.24) is 0 Å². The number of aryl methyl sites for hydroxylation is 1. The zero-order chi connectivity index (χ0) is 24.8. The minimum absolute atomic E-state index is 1.03. The summed E-state index contributed by atoms with van der Waals surface area (Å²) in [6.45, 7) is 2.18. The Bertz CT molecular complexity index is 1870. The monoisotopic (exact) mass is 472 g/mol. The van der Waals surface area contributed by atoms with Gasteiger partial charge in [-0.25, -0.2) is 0 Å². The molecule has 7 rings (SSSR count). The molecule has 0 saturated heterocycles. The Morgan fingerprint density at radius 3 is 1.51 bits per heavy atom. The maximum absolute atomic E-state index is 2.33. The van der Waals surface area contributed by atoms with Crippen molar-refractivity contribution in [2.75, 3.05) is 0 Å². The topological polar surface area (TPSA) is 0 Å². The molecule has 0 heterocycles. The number of benzene rings is 6. The fraction of sp³-hybridized carbons (Fsp3) is 0.0811. The molecule has 6 aromatic rings. The molecule has 0 N–H and O–H groups in total. The summed E-state index contributed by atoms with van der Waals surface area (Å²) >= 11 is 0. The van der Waals surface area contributed by atoms with Gasteiger partial charge in [0.1, 0.15) is 0 Å². The molecule has 176 valence electrons. The first kappa shape index (κ1) is 21.8. The van der Waals surface area contributed by atoms with Gasteiger partial charge in [-0.05, 0) is 85.1 Å². The van der Waals surface area contributed by atoms with Crippen molar-refractivity contribution in [1.29, 1.82) is 0 Å². The zero-order valence-corrected chi connectivity index (χ0v) is 21.0. The fourth-order valence-electron chi connectivity index (χ4n) is 6.29. The Morgan fingerprint density at radius 2 is 0.892 bits per heavy atom. The van der Waals surface area contributed by atoms with Gasteiger partial charge in [0.2, 0.25) is 0 Å². The summed E-state index contributed by atoms with van der Waals surface area (Å²) in [5.74, 6) is 0. The summed E-state index contributed by atoms with van der Waals surface area (Å²) in [5.41, 5.74) is 9.56. The zero-order valence-electron chi connectivity index (χ0n) is 21.0. The van der Waals surface area contributed by atoms with Crippen LogP contribution in [0.2, 0.25) is 0 Å². The van der Waals surface area contributed by atoms with Crippen LogP contribution in [-0.2, 0) is 0 Å². The number of fused-ring (bicyclic) bond motifs is 3. The van der Waals surface area contributed by atoms with Gasteiger partial charge in [-0.1, -0.05) is 133 Å². The van der Waals surface area contributed by atoms with Crippen LogP contribution >= 0.6 is 0 Å². The van der Waals surface area contributed by atoms with Crippen LogP contribution < -0.4 is 10.4 Å². The Hall–Kier alpha value is -4.42. The highest BCUT2D eigenvalue weighted by atomic mass is 14.2. The molecule has 0 spiro atoms. The minimum Gasteiger partial charge on any atom is -0.0622 e. The van der Waals surface area contributed by atoms with Crippen molar-refractivity contribution >= 4 is 32.7 Å². The van der Waals surface area contributed by atoms with E-state index in [4.69, 9.17) is 0 Å². The lowest BCUT2D eigenvalue weighted by Gasteiger charge is -2.22. The summed E-state index contributed by atoms with van der Waals surface area (Å²) in [6, 6.07) is 46.8. The molecule has 1 aliphatic rings. The van der Waals surface area contributed by atoms with E-state index in [2.05, 4.69) is 134 Å². The van der Waals surface area contributed by atoms with Gasteiger partial charge in [-0.3, -0.25) is 0 Å². The predicted molar refractivity (Wildman–Crippen MR) is 158 cm³/mol. The summed E-state index contributed by atoms with van der Waals surface area (Å²) in [6.07, 6.45) is 2.07. The molecule has 0 atom stereocenters. The Labute approximate surface area is 217 Å². The molecule has 1 aliphatic carbocycles. The molecule has 37 heavy (non-hydrogen) atoms. The third kappa shape index (κ3) is 3.60. The molecule has 0 saturated carbocycles. The maximum atomic E-state index is 2.33. The fourth-order valence-corrected chi connectivity index (χ4v) is 6.29. The molecule has 0 aliphatic heterocycles. The first-order chi connectivity index (χ1) is 18.3. The highest BCUT2D eigenvalue weighted by Gasteiger charge is 2.21. The SMILES string of the molecule is Cc1cccc(C2=c3ccccc3=C(c3c4ccccc4c(-c4ccccc4)c4ccccc34)CC2)c1. The van der Waals surface area contributed by atoms with Gasteiger partial charge >= 0.3 is 0 Å². The van der Waals surface area contributed by atoms with Crippen LogP contribution in [0.5, 0.6) is 0 Å². The first-order valence-electron chi connectivity index (χ1n) is 13.2. The largest absolute Gasteiger partial charge is 0.0622 e. The van der Waals surface area contributed by atoms with E-state index < -0.39 is 0 Å². The van der Waals surface area contributed by atoms with Crippen LogP contribution in [0.15, 0.2) is 127 Å². The van der Waals surface area contributed by atoms with E-state index in [1.807, 2.05) is 0 Å². The minimum atomic E-state index is 1.03. The number of hydrogen-bond acceptors (Lipinski definition) is 0. The molecule has 0 aromatic heterocycles.